The Morgan fingerprint density at radius 2 is 2.19 bits per heavy atom. The fourth-order valence-electron chi connectivity index (χ4n) is 1.66. The second-order valence-corrected chi connectivity index (χ2v) is 7.24. The lowest BCUT2D eigenvalue weighted by Crippen LogP contribution is -2.17. The Bertz CT molecular complexity index is 388. The van der Waals surface area contributed by atoms with Gasteiger partial charge in [0, 0.05) is 28.5 Å². The van der Waals surface area contributed by atoms with Crippen molar-refractivity contribution in [3.63, 3.8) is 0 Å². The number of hydrogen-bond acceptors (Lipinski definition) is 3. The molecule has 0 amide bonds. The first-order valence-corrected chi connectivity index (χ1v) is 7.23. The van der Waals surface area contributed by atoms with Crippen molar-refractivity contribution in [2.24, 2.45) is 5.41 Å². The molecule has 4 heteroatoms. The molecular weight excluding hydrogens is 222 g/mol. The third-order valence-corrected chi connectivity index (χ3v) is 4.26. The van der Waals surface area contributed by atoms with E-state index in [1.807, 2.05) is 6.07 Å². The summed E-state index contributed by atoms with van der Waals surface area (Å²) in [5.74, 6) is 2.57. The monoisotopic (exact) mass is 241 g/mol. The van der Waals surface area contributed by atoms with Crippen LogP contribution in [0, 0.1) is 5.41 Å². The van der Waals surface area contributed by atoms with Gasteiger partial charge in [0.15, 0.2) is 0 Å². The van der Waals surface area contributed by atoms with E-state index in [1.165, 1.54) is 12.8 Å². The first-order chi connectivity index (χ1) is 7.44. The Morgan fingerprint density at radius 3 is 2.75 bits per heavy atom. The summed E-state index contributed by atoms with van der Waals surface area (Å²) in [5, 5.41) is 4.02. The molecular formula is C12H19NO2S. The summed E-state index contributed by atoms with van der Waals surface area (Å²) < 4.78 is 17.1. The van der Waals surface area contributed by atoms with Crippen LogP contribution >= 0.6 is 0 Å². The van der Waals surface area contributed by atoms with E-state index in [2.05, 4.69) is 25.9 Å². The number of hydrogen-bond donors (Lipinski definition) is 0. The van der Waals surface area contributed by atoms with Crippen molar-refractivity contribution in [1.29, 1.82) is 0 Å². The minimum absolute atomic E-state index is 0.101. The van der Waals surface area contributed by atoms with Gasteiger partial charge in [0.25, 0.3) is 0 Å². The molecule has 0 aliphatic heterocycles. The lowest BCUT2D eigenvalue weighted by atomic mass is 10.0. The quantitative estimate of drug-likeness (QED) is 0.814. The maximum atomic E-state index is 11.8. The molecule has 0 spiro atoms. The molecule has 1 saturated carbocycles. The van der Waals surface area contributed by atoms with Crippen LogP contribution in [0.2, 0.25) is 0 Å². The molecule has 2 rings (SSSR count). The highest BCUT2D eigenvalue weighted by Crippen LogP contribution is 2.39. The minimum atomic E-state index is -0.854. The molecule has 0 aromatic carbocycles. The normalized spacial score (nSPS) is 18.7. The van der Waals surface area contributed by atoms with Crippen molar-refractivity contribution in [3.8, 4) is 0 Å². The summed E-state index contributed by atoms with van der Waals surface area (Å²) in [6, 6.07) is 1.97. The summed E-state index contributed by atoms with van der Waals surface area (Å²) in [6.07, 6.45) is 2.44. The van der Waals surface area contributed by atoms with Gasteiger partial charge in [-0.1, -0.05) is 25.9 Å². The first kappa shape index (κ1) is 11.8. The summed E-state index contributed by atoms with van der Waals surface area (Å²) >= 11 is 0. The highest BCUT2D eigenvalue weighted by Gasteiger charge is 2.27. The molecule has 1 fully saturated rings. The molecule has 0 N–H and O–H groups in total. The molecule has 1 heterocycles. The minimum Gasteiger partial charge on any atom is -0.360 e. The lowest BCUT2D eigenvalue weighted by molar-refractivity contribution is 0.387. The lowest BCUT2D eigenvalue weighted by Gasteiger charge is -2.16. The molecule has 1 aromatic heterocycles. The highest BCUT2D eigenvalue weighted by atomic mass is 32.2. The fourth-order valence-corrected chi connectivity index (χ4v) is 3.18. The number of rotatable bonds is 4. The Kier molecular flexibility index (Phi) is 3.19. The first-order valence-electron chi connectivity index (χ1n) is 5.74. The van der Waals surface area contributed by atoms with Gasteiger partial charge in [0.1, 0.15) is 5.76 Å². The molecule has 0 bridgehead atoms. The second kappa shape index (κ2) is 4.32. The zero-order chi connectivity index (χ0) is 11.8. The summed E-state index contributed by atoms with van der Waals surface area (Å²) in [7, 11) is -0.854. The van der Waals surface area contributed by atoms with Crippen LogP contribution in [0.15, 0.2) is 10.6 Å². The van der Waals surface area contributed by atoms with E-state index < -0.39 is 10.8 Å². The van der Waals surface area contributed by atoms with Gasteiger partial charge in [-0.25, -0.2) is 0 Å². The van der Waals surface area contributed by atoms with Gasteiger partial charge in [-0.05, 0) is 18.3 Å². The molecule has 90 valence electrons. The summed E-state index contributed by atoms with van der Waals surface area (Å²) in [6.45, 7) is 6.29. The standard InChI is InChI=1S/C12H19NO2S/c1-12(2,3)8-16(14)7-10-6-11(13-15-10)9-4-5-9/h6,9H,4-5,7-8H2,1-3H3. The predicted octanol–water partition coefficient (Wildman–Crippen LogP) is 2.85. The molecule has 1 aliphatic rings. The molecule has 0 radical (unpaired) electrons. The van der Waals surface area contributed by atoms with Crippen LogP contribution in [0.3, 0.4) is 0 Å². The summed E-state index contributed by atoms with van der Waals surface area (Å²) in [5.41, 5.74) is 1.15. The molecule has 0 saturated heterocycles. The average molecular weight is 241 g/mol. The Morgan fingerprint density at radius 1 is 1.50 bits per heavy atom. The van der Waals surface area contributed by atoms with Crippen molar-refractivity contribution >= 4 is 10.8 Å². The van der Waals surface area contributed by atoms with Crippen molar-refractivity contribution in [2.75, 3.05) is 5.75 Å². The highest BCUT2D eigenvalue weighted by molar-refractivity contribution is 7.84. The Labute approximate surface area is 99.0 Å². The van der Waals surface area contributed by atoms with Crippen LogP contribution in [-0.2, 0) is 16.6 Å². The van der Waals surface area contributed by atoms with Crippen LogP contribution in [0.4, 0.5) is 0 Å². The Hall–Kier alpha value is -0.640. The third-order valence-electron chi connectivity index (χ3n) is 2.47. The predicted molar refractivity (Wildman–Crippen MR) is 64.6 cm³/mol. The van der Waals surface area contributed by atoms with Crippen LogP contribution < -0.4 is 0 Å². The van der Waals surface area contributed by atoms with Gasteiger partial charge >= 0.3 is 0 Å². The molecule has 1 unspecified atom stereocenters. The van der Waals surface area contributed by atoms with E-state index in [9.17, 15) is 4.21 Å². The van der Waals surface area contributed by atoms with Crippen molar-refractivity contribution in [1.82, 2.24) is 5.16 Å². The second-order valence-electron chi connectivity index (χ2n) is 5.78. The van der Waals surface area contributed by atoms with E-state index in [-0.39, 0.29) is 5.41 Å². The zero-order valence-corrected chi connectivity index (χ0v) is 11.0. The van der Waals surface area contributed by atoms with E-state index in [1.54, 1.807) is 0 Å². The fraction of sp³-hybridized carbons (Fsp3) is 0.750. The average Bonchev–Trinajstić information content (AvgIpc) is 2.85. The van der Waals surface area contributed by atoms with E-state index >= 15 is 0 Å². The van der Waals surface area contributed by atoms with Gasteiger partial charge < -0.3 is 4.52 Å². The van der Waals surface area contributed by atoms with Crippen molar-refractivity contribution in [2.45, 2.75) is 45.3 Å². The smallest absolute Gasteiger partial charge is 0.149 e. The van der Waals surface area contributed by atoms with E-state index in [0.717, 1.165) is 11.5 Å². The zero-order valence-electron chi connectivity index (χ0n) is 10.2. The van der Waals surface area contributed by atoms with Crippen LogP contribution in [0.25, 0.3) is 0 Å². The molecule has 1 atom stereocenters. The van der Waals surface area contributed by atoms with Gasteiger partial charge in [0.05, 0.1) is 11.4 Å². The third kappa shape index (κ3) is 3.44. The van der Waals surface area contributed by atoms with Crippen LogP contribution in [0.5, 0.6) is 0 Å². The van der Waals surface area contributed by atoms with E-state index in [4.69, 9.17) is 4.52 Å². The van der Waals surface area contributed by atoms with Gasteiger partial charge in [-0.2, -0.15) is 0 Å². The summed E-state index contributed by atoms with van der Waals surface area (Å²) in [4.78, 5) is 0. The van der Waals surface area contributed by atoms with Gasteiger partial charge in [-0.3, -0.25) is 4.21 Å². The largest absolute Gasteiger partial charge is 0.360 e. The van der Waals surface area contributed by atoms with Crippen molar-refractivity contribution < 1.29 is 8.73 Å². The SMILES string of the molecule is CC(C)(C)CS(=O)Cc1cc(C2CC2)no1. The van der Waals surface area contributed by atoms with Crippen molar-refractivity contribution in [3.05, 3.63) is 17.5 Å². The van der Waals surface area contributed by atoms with Crippen LogP contribution in [0.1, 0.15) is 51.0 Å². The Balaban J connectivity index is 1.90. The van der Waals surface area contributed by atoms with Gasteiger partial charge in [0.2, 0.25) is 0 Å². The van der Waals surface area contributed by atoms with Gasteiger partial charge in [-0.15, -0.1) is 0 Å². The topological polar surface area (TPSA) is 43.1 Å². The maximum Gasteiger partial charge on any atom is 0.149 e. The number of nitrogens with zero attached hydrogens (tertiary/aromatic N) is 1. The molecule has 1 aliphatic carbocycles. The maximum absolute atomic E-state index is 11.8. The molecule has 16 heavy (non-hydrogen) atoms. The molecule has 3 nitrogen and oxygen atoms in total. The van der Waals surface area contributed by atoms with Crippen LogP contribution in [-0.4, -0.2) is 15.1 Å². The number of aromatic nitrogens is 1. The molecule has 1 aromatic rings. The van der Waals surface area contributed by atoms with E-state index in [0.29, 0.717) is 17.4 Å².